The van der Waals surface area contributed by atoms with Crippen molar-refractivity contribution in [2.75, 3.05) is 6.61 Å². The van der Waals surface area contributed by atoms with Crippen LogP contribution in [0.2, 0.25) is 0 Å². The molecule has 0 fully saturated rings. The first-order valence-electron chi connectivity index (χ1n) is 7.43. The van der Waals surface area contributed by atoms with Gasteiger partial charge in [0.15, 0.2) is 0 Å². The fraction of sp³-hybridized carbons (Fsp3) is 0.733. The van der Waals surface area contributed by atoms with Crippen LogP contribution in [0.4, 0.5) is 0 Å². The molecule has 0 aromatic carbocycles. The molecule has 0 amide bonds. The van der Waals surface area contributed by atoms with Crippen molar-refractivity contribution in [2.24, 2.45) is 0 Å². The van der Waals surface area contributed by atoms with Gasteiger partial charge in [0.05, 0.1) is 0 Å². The van der Waals surface area contributed by atoms with Crippen LogP contribution >= 0.6 is 0 Å². The summed E-state index contributed by atoms with van der Waals surface area (Å²) in [4.78, 5) is 22.2. The molecule has 2 unspecified atom stereocenters. The summed E-state index contributed by atoms with van der Waals surface area (Å²) < 4.78 is 9.78. The van der Waals surface area contributed by atoms with Gasteiger partial charge in [-0.05, 0) is 19.3 Å². The van der Waals surface area contributed by atoms with Gasteiger partial charge < -0.3 is 19.7 Å². The molecule has 1 aliphatic rings. The van der Waals surface area contributed by atoms with E-state index in [4.69, 9.17) is 9.84 Å². The summed E-state index contributed by atoms with van der Waals surface area (Å²) in [5.41, 5.74) is 0.315. The van der Waals surface area contributed by atoms with Crippen LogP contribution in [0.5, 0.6) is 0 Å². The van der Waals surface area contributed by atoms with Crippen LogP contribution in [0.1, 0.15) is 51.9 Å². The van der Waals surface area contributed by atoms with Gasteiger partial charge in [-0.15, -0.1) is 0 Å². The van der Waals surface area contributed by atoms with E-state index in [1.807, 2.05) is 0 Å². The van der Waals surface area contributed by atoms with Crippen LogP contribution in [0.15, 0.2) is 11.6 Å². The minimum atomic E-state index is -1.31. The number of aliphatic hydroxyl groups excluding tert-OH is 2. The zero-order valence-electron chi connectivity index (χ0n) is 12.4. The summed E-state index contributed by atoms with van der Waals surface area (Å²) in [6.07, 6.45) is 5.57. The number of ether oxygens (including phenoxy) is 2. The topological polar surface area (TPSA) is 93.1 Å². The van der Waals surface area contributed by atoms with Gasteiger partial charge in [0.2, 0.25) is 6.29 Å². The van der Waals surface area contributed by atoms with E-state index in [0.717, 1.165) is 38.5 Å². The Kier molecular flexibility index (Phi) is 8.00. The standard InChI is InChI=1S/C15H24O6/c1-11(17)20-13(12-10-14(18)21-15(12)19)8-6-4-2-3-5-7-9-16/h10,13,15-16,19H,2-9H2,1H3. The molecule has 0 saturated heterocycles. The highest BCUT2D eigenvalue weighted by atomic mass is 16.6. The molecule has 0 aromatic rings. The molecule has 2 atom stereocenters. The van der Waals surface area contributed by atoms with Gasteiger partial charge in [-0.2, -0.15) is 0 Å². The number of unbranched alkanes of at least 4 members (excludes halogenated alkanes) is 5. The lowest BCUT2D eigenvalue weighted by molar-refractivity contribution is -0.153. The summed E-state index contributed by atoms with van der Waals surface area (Å²) in [7, 11) is 0. The number of hydrogen-bond acceptors (Lipinski definition) is 6. The molecule has 1 aliphatic heterocycles. The van der Waals surface area contributed by atoms with Crippen molar-refractivity contribution in [1.82, 2.24) is 0 Å². The van der Waals surface area contributed by atoms with E-state index in [0.29, 0.717) is 12.0 Å². The van der Waals surface area contributed by atoms with Crippen LogP contribution in [-0.2, 0) is 19.1 Å². The second-order valence-corrected chi connectivity index (χ2v) is 5.17. The van der Waals surface area contributed by atoms with Crippen molar-refractivity contribution in [3.63, 3.8) is 0 Å². The molecule has 0 spiro atoms. The van der Waals surface area contributed by atoms with Gasteiger partial charge in [0, 0.05) is 25.2 Å². The molecule has 2 N–H and O–H groups in total. The Labute approximate surface area is 124 Å². The van der Waals surface area contributed by atoms with Crippen LogP contribution < -0.4 is 0 Å². The largest absolute Gasteiger partial charge is 0.458 e. The zero-order valence-corrected chi connectivity index (χ0v) is 12.4. The van der Waals surface area contributed by atoms with E-state index in [2.05, 4.69) is 4.74 Å². The molecule has 0 bridgehead atoms. The van der Waals surface area contributed by atoms with Gasteiger partial charge in [-0.25, -0.2) is 4.79 Å². The second-order valence-electron chi connectivity index (χ2n) is 5.17. The number of aliphatic hydroxyl groups is 2. The van der Waals surface area contributed by atoms with E-state index in [9.17, 15) is 14.7 Å². The van der Waals surface area contributed by atoms with Crippen LogP contribution in [0, 0.1) is 0 Å². The highest BCUT2D eigenvalue weighted by Gasteiger charge is 2.31. The quantitative estimate of drug-likeness (QED) is 0.468. The number of carbonyl (C=O) groups is 2. The Morgan fingerprint density at radius 2 is 1.90 bits per heavy atom. The average molecular weight is 300 g/mol. The lowest BCUT2D eigenvalue weighted by Gasteiger charge is -2.19. The molecule has 0 radical (unpaired) electrons. The van der Waals surface area contributed by atoms with Crippen molar-refractivity contribution in [3.05, 3.63) is 11.6 Å². The van der Waals surface area contributed by atoms with Crippen molar-refractivity contribution >= 4 is 11.9 Å². The molecule has 1 rings (SSSR count). The fourth-order valence-corrected chi connectivity index (χ4v) is 2.31. The van der Waals surface area contributed by atoms with Crippen molar-refractivity contribution in [2.45, 2.75) is 64.3 Å². The maximum atomic E-state index is 11.1. The monoisotopic (exact) mass is 300 g/mol. The SMILES string of the molecule is CC(=O)OC(CCCCCCCCO)C1=CC(=O)OC1O. The predicted molar refractivity (Wildman–Crippen MR) is 75.1 cm³/mol. The Morgan fingerprint density at radius 3 is 2.43 bits per heavy atom. The first kappa shape index (κ1) is 17.7. The van der Waals surface area contributed by atoms with E-state index in [-0.39, 0.29) is 6.61 Å². The number of hydrogen-bond donors (Lipinski definition) is 2. The van der Waals surface area contributed by atoms with Crippen molar-refractivity contribution in [3.8, 4) is 0 Å². The second kappa shape index (κ2) is 9.52. The van der Waals surface area contributed by atoms with Crippen LogP contribution in [0.25, 0.3) is 0 Å². The summed E-state index contributed by atoms with van der Waals surface area (Å²) in [5.74, 6) is -1.06. The van der Waals surface area contributed by atoms with Gasteiger partial charge in [0.25, 0.3) is 0 Å². The molecule has 0 saturated carbocycles. The minimum absolute atomic E-state index is 0.231. The molecule has 0 aromatic heterocycles. The molecule has 1 heterocycles. The predicted octanol–water partition coefficient (Wildman–Crippen LogP) is 1.44. The first-order chi connectivity index (χ1) is 10.0. The molecular weight excluding hydrogens is 276 g/mol. The molecule has 21 heavy (non-hydrogen) atoms. The number of carbonyl (C=O) groups excluding carboxylic acids is 2. The van der Waals surface area contributed by atoms with E-state index >= 15 is 0 Å². The highest BCUT2D eigenvalue weighted by Crippen LogP contribution is 2.24. The lowest BCUT2D eigenvalue weighted by Crippen LogP contribution is -2.25. The van der Waals surface area contributed by atoms with Crippen LogP contribution in [-0.4, -0.2) is 41.2 Å². The Balaban J connectivity index is 2.36. The molecule has 6 nitrogen and oxygen atoms in total. The minimum Gasteiger partial charge on any atom is -0.458 e. The van der Waals surface area contributed by atoms with Crippen LogP contribution in [0.3, 0.4) is 0 Å². The molecule has 6 heteroatoms. The van der Waals surface area contributed by atoms with Crippen molar-refractivity contribution < 1.29 is 29.3 Å². The number of esters is 2. The summed E-state index contributed by atoms with van der Waals surface area (Å²) >= 11 is 0. The lowest BCUT2D eigenvalue weighted by atomic mass is 10.0. The molecular formula is C15H24O6. The van der Waals surface area contributed by atoms with Gasteiger partial charge in [-0.1, -0.05) is 25.7 Å². The third kappa shape index (κ3) is 6.73. The highest BCUT2D eigenvalue weighted by molar-refractivity contribution is 5.86. The van der Waals surface area contributed by atoms with E-state index < -0.39 is 24.3 Å². The van der Waals surface area contributed by atoms with Gasteiger partial charge >= 0.3 is 11.9 Å². The third-order valence-corrected chi connectivity index (χ3v) is 3.35. The van der Waals surface area contributed by atoms with Gasteiger partial charge in [0.1, 0.15) is 6.10 Å². The average Bonchev–Trinajstić information content (AvgIpc) is 2.75. The summed E-state index contributed by atoms with van der Waals surface area (Å²) in [6, 6.07) is 0. The Bertz CT molecular complexity index is 376. The molecule has 0 aliphatic carbocycles. The molecule has 120 valence electrons. The fourth-order valence-electron chi connectivity index (χ4n) is 2.31. The Hall–Kier alpha value is -1.40. The summed E-state index contributed by atoms with van der Waals surface area (Å²) in [6.45, 7) is 1.53. The smallest absolute Gasteiger partial charge is 0.333 e. The first-order valence-corrected chi connectivity index (χ1v) is 7.43. The van der Waals surface area contributed by atoms with Crippen molar-refractivity contribution in [1.29, 1.82) is 0 Å². The van der Waals surface area contributed by atoms with E-state index in [1.54, 1.807) is 0 Å². The number of cyclic esters (lactones) is 1. The normalized spacial score (nSPS) is 19.1. The number of rotatable bonds is 10. The van der Waals surface area contributed by atoms with Gasteiger partial charge in [-0.3, -0.25) is 4.79 Å². The maximum absolute atomic E-state index is 11.1. The van der Waals surface area contributed by atoms with E-state index in [1.165, 1.54) is 13.0 Å². The summed E-state index contributed by atoms with van der Waals surface area (Å²) in [5, 5.41) is 18.3. The maximum Gasteiger partial charge on any atom is 0.333 e. The zero-order chi connectivity index (χ0) is 15.7. The Morgan fingerprint density at radius 1 is 1.29 bits per heavy atom. The third-order valence-electron chi connectivity index (χ3n) is 3.35.